The molecule has 0 radical (unpaired) electrons. The van der Waals surface area contributed by atoms with Crippen LogP contribution in [-0.4, -0.2) is 47.9 Å². The van der Waals surface area contributed by atoms with Crippen LogP contribution in [0.4, 0.5) is 17.1 Å². The smallest absolute Gasteiger partial charge is 0.257 e. The Morgan fingerprint density at radius 2 is 1.67 bits per heavy atom. The van der Waals surface area contributed by atoms with Crippen molar-refractivity contribution in [3.05, 3.63) is 54.1 Å². The van der Waals surface area contributed by atoms with Gasteiger partial charge in [0.15, 0.2) is 0 Å². The third-order valence-electron chi connectivity index (χ3n) is 7.18. The number of carbonyl (C=O) groups is 3. The zero-order valence-electron chi connectivity index (χ0n) is 19.0. The number of nitrogens with one attached hydrogen (secondary N) is 1. The number of amides is 3. The number of anilines is 3. The van der Waals surface area contributed by atoms with E-state index in [9.17, 15) is 14.4 Å². The van der Waals surface area contributed by atoms with Gasteiger partial charge in [-0.1, -0.05) is 24.3 Å². The number of nitrogens with zero attached hydrogens (tertiary/aromatic N) is 3. The number of rotatable bonds is 5. The van der Waals surface area contributed by atoms with Crippen LogP contribution in [0.15, 0.2) is 48.5 Å². The van der Waals surface area contributed by atoms with E-state index < -0.39 is 5.66 Å². The fraction of sp³-hybridized carbons (Fsp3) is 0.423. The molecule has 3 aliphatic heterocycles. The topological polar surface area (TPSA) is 73.0 Å². The van der Waals surface area contributed by atoms with Crippen LogP contribution in [0.5, 0.6) is 0 Å². The van der Waals surface area contributed by atoms with E-state index in [1.54, 1.807) is 15.9 Å². The van der Waals surface area contributed by atoms with Gasteiger partial charge in [0.25, 0.3) is 5.91 Å². The Balaban J connectivity index is 1.32. The first kappa shape index (κ1) is 21.5. The first-order valence-electron chi connectivity index (χ1n) is 11.9. The molecule has 5 rings (SSSR count). The summed E-state index contributed by atoms with van der Waals surface area (Å²) in [7, 11) is 0. The van der Waals surface area contributed by atoms with E-state index in [0.29, 0.717) is 24.1 Å². The van der Waals surface area contributed by atoms with E-state index in [2.05, 4.69) is 16.3 Å². The zero-order chi connectivity index (χ0) is 23.0. The molecule has 172 valence electrons. The Hall–Kier alpha value is -3.35. The molecule has 2 fully saturated rings. The predicted molar refractivity (Wildman–Crippen MR) is 128 cm³/mol. The van der Waals surface area contributed by atoms with Crippen LogP contribution in [0.25, 0.3) is 0 Å². The largest absolute Gasteiger partial charge is 0.370 e. The number of hydrogen-bond donors (Lipinski definition) is 1. The molecule has 0 spiro atoms. The number of hydrogen-bond acceptors (Lipinski definition) is 4. The molecule has 0 aromatic heterocycles. The lowest BCUT2D eigenvalue weighted by Crippen LogP contribution is -2.62. The molecular weight excluding hydrogens is 416 g/mol. The summed E-state index contributed by atoms with van der Waals surface area (Å²) in [4.78, 5) is 44.8. The van der Waals surface area contributed by atoms with Gasteiger partial charge in [-0.15, -0.1) is 0 Å². The lowest BCUT2D eigenvalue weighted by molar-refractivity contribution is -0.117. The molecule has 33 heavy (non-hydrogen) atoms. The van der Waals surface area contributed by atoms with Gasteiger partial charge in [0.05, 0.1) is 22.6 Å². The van der Waals surface area contributed by atoms with Gasteiger partial charge in [0.1, 0.15) is 5.66 Å². The van der Waals surface area contributed by atoms with Crippen LogP contribution in [0.3, 0.4) is 0 Å². The number of piperidine rings is 1. The quantitative estimate of drug-likeness (QED) is 0.753. The van der Waals surface area contributed by atoms with Crippen molar-refractivity contribution < 1.29 is 14.4 Å². The zero-order valence-corrected chi connectivity index (χ0v) is 19.0. The van der Waals surface area contributed by atoms with Crippen LogP contribution in [0.1, 0.15) is 55.8 Å². The highest BCUT2D eigenvalue weighted by molar-refractivity contribution is 6.10. The van der Waals surface area contributed by atoms with Crippen LogP contribution in [0, 0.1) is 0 Å². The molecule has 7 nitrogen and oxygen atoms in total. The van der Waals surface area contributed by atoms with E-state index in [4.69, 9.17) is 0 Å². The van der Waals surface area contributed by atoms with Crippen molar-refractivity contribution in [3.8, 4) is 0 Å². The van der Waals surface area contributed by atoms with Gasteiger partial charge < -0.3 is 15.1 Å². The second-order valence-corrected chi connectivity index (χ2v) is 9.28. The van der Waals surface area contributed by atoms with Gasteiger partial charge in [-0.3, -0.25) is 19.3 Å². The maximum absolute atomic E-state index is 13.4. The molecule has 0 bridgehead atoms. The van der Waals surface area contributed by atoms with Crippen molar-refractivity contribution >= 4 is 34.8 Å². The second kappa shape index (κ2) is 8.54. The van der Waals surface area contributed by atoms with Gasteiger partial charge in [0, 0.05) is 32.5 Å². The molecule has 2 saturated heterocycles. The summed E-state index contributed by atoms with van der Waals surface area (Å²) < 4.78 is 0. The molecule has 2 aromatic rings. The average molecular weight is 447 g/mol. The monoisotopic (exact) mass is 446 g/mol. The maximum Gasteiger partial charge on any atom is 0.257 e. The summed E-state index contributed by atoms with van der Waals surface area (Å²) >= 11 is 0. The van der Waals surface area contributed by atoms with Crippen molar-refractivity contribution in [1.29, 1.82) is 0 Å². The summed E-state index contributed by atoms with van der Waals surface area (Å²) in [5.41, 5.74) is 2.30. The molecule has 1 atom stereocenters. The Morgan fingerprint density at radius 3 is 2.45 bits per heavy atom. The summed E-state index contributed by atoms with van der Waals surface area (Å²) in [5.74, 6) is -0.242. The Bertz CT molecular complexity index is 1090. The summed E-state index contributed by atoms with van der Waals surface area (Å²) in [6.45, 7) is 4.17. The van der Waals surface area contributed by atoms with E-state index >= 15 is 0 Å². The molecule has 3 amide bonds. The first-order valence-corrected chi connectivity index (χ1v) is 11.9. The SMILES string of the molecule is C[C@@]12CCC(=O)N1c1ccccc1C(=O)N2CCC(=O)Nc1ccccc1N1CCCCC1. The average Bonchev–Trinajstić information content (AvgIpc) is 3.15. The predicted octanol–water partition coefficient (Wildman–Crippen LogP) is 4.00. The molecule has 0 saturated carbocycles. The normalized spacial score (nSPS) is 22.3. The molecule has 0 aliphatic carbocycles. The highest BCUT2D eigenvalue weighted by atomic mass is 16.2. The minimum absolute atomic E-state index is 0.0161. The molecule has 3 heterocycles. The summed E-state index contributed by atoms with van der Waals surface area (Å²) in [6, 6.07) is 15.1. The number of para-hydroxylation sites is 3. The van der Waals surface area contributed by atoms with E-state index in [1.165, 1.54) is 6.42 Å². The second-order valence-electron chi connectivity index (χ2n) is 9.28. The Kier molecular flexibility index (Phi) is 5.56. The highest BCUT2D eigenvalue weighted by Crippen LogP contribution is 2.44. The van der Waals surface area contributed by atoms with Crippen LogP contribution >= 0.6 is 0 Å². The molecule has 3 aliphatic rings. The lowest BCUT2D eigenvalue weighted by atomic mass is 9.98. The Labute approximate surface area is 194 Å². The van der Waals surface area contributed by atoms with E-state index in [1.807, 2.05) is 43.3 Å². The summed E-state index contributed by atoms with van der Waals surface area (Å²) in [6.07, 6.45) is 4.69. The molecule has 0 unspecified atom stereocenters. The van der Waals surface area contributed by atoms with Crippen LogP contribution in [0.2, 0.25) is 0 Å². The number of fused-ring (bicyclic) bond motifs is 3. The Morgan fingerprint density at radius 1 is 0.970 bits per heavy atom. The molecular formula is C26H30N4O3. The molecule has 7 heteroatoms. The van der Waals surface area contributed by atoms with E-state index in [-0.39, 0.29) is 30.7 Å². The standard InChI is InChI=1S/C26H30N4O3/c1-26-15-13-24(32)30(26)21-11-5-3-9-19(21)25(33)29(26)18-14-23(31)27-20-10-4-6-12-22(20)28-16-7-2-8-17-28/h3-6,9-12H,2,7-8,13-18H2,1H3,(H,27,31)/t26-/m0/s1. The minimum Gasteiger partial charge on any atom is -0.370 e. The van der Waals surface area contributed by atoms with Gasteiger partial charge in [-0.25, -0.2) is 0 Å². The fourth-order valence-corrected chi connectivity index (χ4v) is 5.46. The van der Waals surface area contributed by atoms with Crippen LogP contribution < -0.4 is 15.1 Å². The fourth-order valence-electron chi connectivity index (χ4n) is 5.46. The number of carbonyl (C=O) groups excluding carboxylic acids is 3. The molecule has 2 aromatic carbocycles. The van der Waals surface area contributed by atoms with Crippen molar-refractivity contribution in [2.45, 2.75) is 51.1 Å². The summed E-state index contributed by atoms with van der Waals surface area (Å²) in [5, 5.41) is 3.06. The lowest BCUT2D eigenvalue weighted by Gasteiger charge is -2.48. The third kappa shape index (κ3) is 3.75. The van der Waals surface area contributed by atoms with Gasteiger partial charge in [-0.2, -0.15) is 0 Å². The highest BCUT2D eigenvalue weighted by Gasteiger charge is 2.52. The van der Waals surface area contributed by atoms with Crippen molar-refractivity contribution in [3.63, 3.8) is 0 Å². The van der Waals surface area contributed by atoms with Gasteiger partial charge in [-0.05, 0) is 56.9 Å². The van der Waals surface area contributed by atoms with Gasteiger partial charge >= 0.3 is 0 Å². The van der Waals surface area contributed by atoms with Crippen LogP contribution in [-0.2, 0) is 9.59 Å². The van der Waals surface area contributed by atoms with Crippen molar-refractivity contribution in [2.24, 2.45) is 0 Å². The van der Waals surface area contributed by atoms with E-state index in [0.717, 1.165) is 37.3 Å². The van der Waals surface area contributed by atoms with Gasteiger partial charge in [0.2, 0.25) is 11.8 Å². The maximum atomic E-state index is 13.4. The van der Waals surface area contributed by atoms with Crippen molar-refractivity contribution in [1.82, 2.24) is 4.90 Å². The minimum atomic E-state index is -0.742. The third-order valence-corrected chi connectivity index (χ3v) is 7.18. The molecule has 1 N–H and O–H groups in total. The first-order chi connectivity index (χ1) is 16.0. The van der Waals surface area contributed by atoms with Crippen molar-refractivity contribution in [2.75, 3.05) is 34.8 Å². The number of benzene rings is 2.